The van der Waals surface area contributed by atoms with Crippen LogP contribution in [0.2, 0.25) is 5.02 Å². The van der Waals surface area contributed by atoms with Gasteiger partial charge in [-0.05, 0) is 69.8 Å². The SMILES string of the molecule is CCCC(CNC(C)(C)C)Cc1cc(F)ccc1Cl. The molecule has 1 atom stereocenters. The molecule has 0 radical (unpaired) electrons. The zero-order valence-electron chi connectivity index (χ0n) is 12.4. The van der Waals surface area contributed by atoms with Crippen LogP contribution in [0.3, 0.4) is 0 Å². The van der Waals surface area contributed by atoms with Gasteiger partial charge in [0.15, 0.2) is 0 Å². The maximum absolute atomic E-state index is 13.3. The summed E-state index contributed by atoms with van der Waals surface area (Å²) in [6, 6.07) is 4.61. The molecule has 0 saturated carbocycles. The Morgan fingerprint density at radius 1 is 1.32 bits per heavy atom. The zero-order chi connectivity index (χ0) is 14.5. The highest BCUT2D eigenvalue weighted by molar-refractivity contribution is 6.31. The van der Waals surface area contributed by atoms with Gasteiger partial charge >= 0.3 is 0 Å². The fraction of sp³-hybridized carbons (Fsp3) is 0.625. The molecule has 0 aliphatic rings. The second-order valence-electron chi connectivity index (χ2n) is 6.23. The van der Waals surface area contributed by atoms with E-state index < -0.39 is 0 Å². The van der Waals surface area contributed by atoms with E-state index in [2.05, 4.69) is 33.0 Å². The summed E-state index contributed by atoms with van der Waals surface area (Å²) in [5.41, 5.74) is 1.02. The number of hydrogen-bond acceptors (Lipinski definition) is 1. The van der Waals surface area contributed by atoms with Gasteiger partial charge in [0.25, 0.3) is 0 Å². The Labute approximate surface area is 121 Å². The molecule has 0 spiro atoms. The normalized spacial score (nSPS) is 13.6. The van der Waals surface area contributed by atoms with Gasteiger partial charge in [-0.15, -0.1) is 0 Å². The molecule has 1 aromatic carbocycles. The van der Waals surface area contributed by atoms with Crippen LogP contribution in [0.4, 0.5) is 4.39 Å². The van der Waals surface area contributed by atoms with Gasteiger partial charge in [0, 0.05) is 10.6 Å². The minimum Gasteiger partial charge on any atom is -0.312 e. The number of halogens is 2. The molecule has 1 N–H and O–H groups in total. The fourth-order valence-electron chi connectivity index (χ4n) is 2.15. The molecule has 0 amide bonds. The minimum atomic E-state index is -0.210. The van der Waals surface area contributed by atoms with Crippen molar-refractivity contribution in [2.75, 3.05) is 6.54 Å². The lowest BCUT2D eigenvalue weighted by atomic mass is 9.94. The first-order valence-electron chi connectivity index (χ1n) is 7.00. The third-order valence-electron chi connectivity index (χ3n) is 3.13. The highest BCUT2D eigenvalue weighted by Gasteiger charge is 2.15. The van der Waals surface area contributed by atoms with Gasteiger partial charge in [0.05, 0.1) is 0 Å². The van der Waals surface area contributed by atoms with Gasteiger partial charge < -0.3 is 5.32 Å². The summed E-state index contributed by atoms with van der Waals surface area (Å²) in [4.78, 5) is 0. The third kappa shape index (κ3) is 6.40. The average molecular weight is 286 g/mol. The van der Waals surface area contributed by atoms with Crippen molar-refractivity contribution in [3.63, 3.8) is 0 Å². The first-order valence-corrected chi connectivity index (χ1v) is 7.38. The molecule has 0 heterocycles. The lowest BCUT2D eigenvalue weighted by Gasteiger charge is -2.25. The van der Waals surface area contributed by atoms with E-state index in [0.29, 0.717) is 10.9 Å². The number of benzene rings is 1. The lowest BCUT2D eigenvalue weighted by Crippen LogP contribution is -2.39. The summed E-state index contributed by atoms with van der Waals surface area (Å²) in [7, 11) is 0. The molecule has 1 aromatic rings. The van der Waals surface area contributed by atoms with E-state index in [0.717, 1.165) is 31.4 Å². The molecule has 0 saturated heterocycles. The molecule has 3 heteroatoms. The smallest absolute Gasteiger partial charge is 0.123 e. The quantitative estimate of drug-likeness (QED) is 0.790. The lowest BCUT2D eigenvalue weighted by molar-refractivity contribution is 0.354. The standard InChI is InChI=1S/C16H25ClFN/c1-5-6-12(11-19-16(2,3)4)9-13-10-14(18)7-8-15(13)17/h7-8,10,12,19H,5-6,9,11H2,1-4H3. The van der Waals surface area contributed by atoms with Crippen molar-refractivity contribution in [3.8, 4) is 0 Å². The van der Waals surface area contributed by atoms with Crippen LogP contribution < -0.4 is 5.32 Å². The predicted molar refractivity (Wildman–Crippen MR) is 81.3 cm³/mol. The van der Waals surface area contributed by atoms with Gasteiger partial charge in [-0.2, -0.15) is 0 Å². The molecule has 0 fully saturated rings. The zero-order valence-corrected chi connectivity index (χ0v) is 13.1. The van der Waals surface area contributed by atoms with E-state index in [9.17, 15) is 4.39 Å². The molecule has 0 bridgehead atoms. The Morgan fingerprint density at radius 2 is 2.00 bits per heavy atom. The summed E-state index contributed by atoms with van der Waals surface area (Å²) in [6.45, 7) is 9.59. The molecular weight excluding hydrogens is 261 g/mol. The van der Waals surface area contributed by atoms with E-state index in [-0.39, 0.29) is 11.4 Å². The Hall–Kier alpha value is -0.600. The first kappa shape index (κ1) is 16.5. The van der Waals surface area contributed by atoms with Gasteiger partial charge in [-0.3, -0.25) is 0 Å². The molecule has 1 rings (SSSR count). The van der Waals surface area contributed by atoms with E-state index in [1.807, 2.05) is 0 Å². The highest BCUT2D eigenvalue weighted by atomic mass is 35.5. The molecule has 108 valence electrons. The Kier molecular flexibility index (Phi) is 6.28. The van der Waals surface area contributed by atoms with Crippen LogP contribution >= 0.6 is 11.6 Å². The van der Waals surface area contributed by atoms with E-state index in [1.54, 1.807) is 12.1 Å². The Balaban J connectivity index is 2.69. The van der Waals surface area contributed by atoms with Gasteiger partial charge in [-0.25, -0.2) is 4.39 Å². The van der Waals surface area contributed by atoms with Crippen LogP contribution in [0.5, 0.6) is 0 Å². The molecular formula is C16H25ClFN. The summed E-state index contributed by atoms with van der Waals surface area (Å²) >= 11 is 6.14. The van der Waals surface area contributed by atoms with Crippen LogP contribution in [-0.4, -0.2) is 12.1 Å². The molecule has 19 heavy (non-hydrogen) atoms. The second kappa shape index (κ2) is 7.25. The maximum Gasteiger partial charge on any atom is 0.123 e. The monoisotopic (exact) mass is 285 g/mol. The van der Waals surface area contributed by atoms with Crippen LogP contribution in [0.1, 0.15) is 46.1 Å². The maximum atomic E-state index is 13.3. The molecule has 0 aliphatic carbocycles. The molecule has 1 unspecified atom stereocenters. The van der Waals surface area contributed by atoms with Crippen molar-refractivity contribution in [2.45, 2.75) is 52.5 Å². The van der Waals surface area contributed by atoms with Gasteiger partial charge in [0.2, 0.25) is 0 Å². The van der Waals surface area contributed by atoms with Crippen LogP contribution in [0.25, 0.3) is 0 Å². The second-order valence-corrected chi connectivity index (χ2v) is 6.63. The fourth-order valence-corrected chi connectivity index (χ4v) is 2.34. The predicted octanol–water partition coefficient (Wildman–Crippen LogP) is 4.83. The Morgan fingerprint density at radius 3 is 2.58 bits per heavy atom. The topological polar surface area (TPSA) is 12.0 Å². The molecule has 1 nitrogen and oxygen atoms in total. The highest BCUT2D eigenvalue weighted by Crippen LogP contribution is 2.22. The average Bonchev–Trinajstić information content (AvgIpc) is 2.30. The van der Waals surface area contributed by atoms with Crippen LogP contribution in [0, 0.1) is 11.7 Å². The summed E-state index contributed by atoms with van der Waals surface area (Å²) in [6.07, 6.45) is 3.08. The van der Waals surface area contributed by atoms with Crippen molar-refractivity contribution in [1.29, 1.82) is 0 Å². The number of hydrogen-bond donors (Lipinski definition) is 1. The summed E-state index contributed by atoms with van der Waals surface area (Å²) in [5, 5.41) is 4.19. The first-order chi connectivity index (χ1) is 8.81. The summed E-state index contributed by atoms with van der Waals surface area (Å²) in [5.74, 6) is 0.280. The van der Waals surface area contributed by atoms with E-state index in [4.69, 9.17) is 11.6 Å². The van der Waals surface area contributed by atoms with E-state index >= 15 is 0 Å². The Bertz CT molecular complexity index is 398. The van der Waals surface area contributed by atoms with Crippen molar-refractivity contribution >= 4 is 11.6 Å². The summed E-state index contributed by atoms with van der Waals surface area (Å²) < 4.78 is 13.3. The third-order valence-corrected chi connectivity index (χ3v) is 3.50. The van der Waals surface area contributed by atoms with Gasteiger partial charge in [-0.1, -0.05) is 24.9 Å². The largest absolute Gasteiger partial charge is 0.312 e. The number of rotatable bonds is 6. The minimum absolute atomic E-state index is 0.109. The molecule has 0 aromatic heterocycles. The van der Waals surface area contributed by atoms with Crippen LogP contribution in [0.15, 0.2) is 18.2 Å². The van der Waals surface area contributed by atoms with Gasteiger partial charge in [0.1, 0.15) is 5.82 Å². The number of nitrogens with one attached hydrogen (secondary N) is 1. The van der Waals surface area contributed by atoms with Crippen LogP contribution in [-0.2, 0) is 6.42 Å². The van der Waals surface area contributed by atoms with Crippen molar-refractivity contribution in [3.05, 3.63) is 34.6 Å². The van der Waals surface area contributed by atoms with Crippen molar-refractivity contribution in [1.82, 2.24) is 5.32 Å². The molecule has 0 aliphatic heterocycles. The van der Waals surface area contributed by atoms with E-state index in [1.165, 1.54) is 6.07 Å². The van der Waals surface area contributed by atoms with Crippen molar-refractivity contribution < 1.29 is 4.39 Å². The van der Waals surface area contributed by atoms with Crippen molar-refractivity contribution in [2.24, 2.45) is 5.92 Å².